The van der Waals surface area contributed by atoms with E-state index in [0.717, 1.165) is 10.6 Å². The molecule has 2 aromatic rings. The topological polar surface area (TPSA) is 88.3 Å². The summed E-state index contributed by atoms with van der Waals surface area (Å²) in [5.74, 6) is -0.892. The van der Waals surface area contributed by atoms with Crippen LogP contribution in [0.3, 0.4) is 0 Å². The van der Waals surface area contributed by atoms with Gasteiger partial charge in [0.1, 0.15) is 10.7 Å². The molecule has 0 saturated heterocycles. The number of carbonyl (C=O) groups excluding carboxylic acids is 1. The predicted molar refractivity (Wildman–Crippen MR) is 87.3 cm³/mol. The van der Waals surface area contributed by atoms with Crippen LogP contribution in [0.1, 0.15) is 30.8 Å². The molecule has 0 unspecified atom stereocenters. The molecule has 2 aromatic heterocycles. The highest BCUT2D eigenvalue weighted by Crippen LogP contribution is 2.23. The summed E-state index contributed by atoms with van der Waals surface area (Å²) in [5, 5.41) is 15.4. The van der Waals surface area contributed by atoms with Crippen LogP contribution in [-0.4, -0.2) is 49.7 Å². The van der Waals surface area contributed by atoms with Crippen molar-refractivity contribution in [3.8, 4) is 10.6 Å². The molecule has 1 amide bonds. The minimum absolute atomic E-state index is 0.0714. The Hall–Kier alpha value is -2.22. The van der Waals surface area contributed by atoms with Crippen molar-refractivity contribution in [1.82, 2.24) is 19.7 Å². The average Bonchev–Trinajstić information content (AvgIpc) is 3.10. The molecule has 124 valence electrons. The maximum Gasteiger partial charge on any atom is 0.305 e. The number of amides is 1. The molecule has 0 aliphatic carbocycles. The van der Waals surface area contributed by atoms with Crippen LogP contribution in [0.5, 0.6) is 0 Å². The van der Waals surface area contributed by atoms with E-state index in [0.29, 0.717) is 12.2 Å². The second-order valence-corrected chi connectivity index (χ2v) is 6.59. The molecule has 0 atom stereocenters. The van der Waals surface area contributed by atoms with Crippen molar-refractivity contribution in [3.63, 3.8) is 0 Å². The maximum atomic E-state index is 12.6. The molecule has 2 rings (SSSR count). The van der Waals surface area contributed by atoms with E-state index in [4.69, 9.17) is 5.11 Å². The Morgan fingerprint density at radius 1 is 1.43 bits per heavy atom. The number of rotatable bonds is 7. The van der Waals surface area contributed by atoms with Crippen molar-refractivity contribution < 1.29 is 14.7 Å². The van der Waals surface area contributed by atoms with Gasteiger partial charge in [-0.15, -0.1) is 11.3 Å². The summed E-state index contributed by atoms with van der Waals surface area (Å²) in [6.07, 6.45) is 3.46. The highest BCUT2D eigenvalue weighted by Gasteiger charge is 2.21. The molecule has 0 radical (unpaired) electrons. The third-order valence-corrected chi connectivity index (χ3v) is 4.03. The van der Waals surface area contributed by atoms with Gasteiger partial charge >= 0.3 is 5.97 Å². The van der Waals surface area contributed by atoms with E-state index in [2.05, 4.69) is 10.1 Å². The summed E-state index contributed by atoms with van der Waals surface area (Å²) in [4.78, 5) is 29.3. The van der Waals surface area contributed by atoms with Gasteiger partial charge < -0.3 is 10.0 Å². The molecule has 7 nitrogen and oxygen atoms in total. The van der Waals surface area contributed by atoms with Crippen LogP contribution in [0.4, 0.5) is 0 Å². The first-order chi connectivity index (χ1) is 10.9. The fourth-order valence-corrected chi connectivity index (χ4v) is 2.91. The smallest absolute Gasteiger partial charge is 0.305 e. The standard InChI is InChI=1S/C15H20N4O3S/c1-10(2)7-19(5-4-13(20)21)15(22)12-9-23-14(17-12)11-6-16-18(3)8-11/h6,8-10H,4-5,7H2,1-3H3,(H,20,21). The van der Waals surface area contributed by atoms with Gasteiger partial charge in [0.05, 0.1) is 12.6 Å². The average molecular weight is 336 g/mol. The van der Waals surface area contributed by atoms with Gasteiger partial charge in [0.15, 0.2) is 0 Å². The van der Waals surface area contributed by atoms with Gasteiger partial charge in [-0.25, -0.2) is 4.98 Å². The first-order valence-corrected chi connectivity index (χ1v) is 8.20. The third-order valence-electron chi connectivity index (χ3n) is 3.14. The number of aryl methyl sites for hydroxylation is 1. The van der Waals surface area contributed by atoms with E-state index in [9.17, 15) is 9.59 Å². The van der Waals surface area contributed by atoms with Gasteiger partial charge in [-0.3, -0.25) is 14.3 Å². The number of aromatic nitrogens is 3. The molecular weight excluding hydrogens is 316 g/mol. The molecule has 1 N–H and O–H groups in total. The molecule has 0 fully saturated rings. The summed E-state index contributed by atoms with van der Waals surface area (Å²) in [6.45, 7) is 4.67. The van der Waals surface area contributed by atoms with E-state index in [-0.39, 0.29) is 24.8 Å². The second-order valence-electron chi connectivity index (χ2n) is 5.73. The number of aliphatic carboxylic acids is 1. The van der Waals surface area contributed by atoms with Crippen molar-refractivity contribution in [3.05, 3.63) is 23.5 Å². The van der Waals surface area contributed by atoms with Crippen LogP contribution >= 0.6 is 11.3 Å². The third kappa shape index (κ3) is 4.62. The summed E-state index contributed by atoms with van der Waals surface area (Å²) >= 11 is 1.38. The summed E-state index contributed by atoms with van der Waals surface area (Å²) in [7, 11) is 1.82. The number of nitrogens with zero attached hydrogens (tertiary/aromatic N) is 4. The highest BCUT2D eigenvalue weighted by molar-refractivity contribution is 7.13. The molecule has 8 heteroatoms. The second kappa shape index (κ2) is 7.36. The molecule has 0 bridgehead atoms. The highest BCUT2D eigenvalue weighted by atomic mass is 32.1. The molecule has 23 heavy (non-hydrogen) atoms. The minimum atomic E-state index is -0.916. The van der Waals surface area contributed by atoms with Gasteiger partial charge in [0.2, 0.25) is 0 Å². The van der Waals surface area contributed by atoms with Gasteiger partial charge in [0.25, 0.3) is 5.91 Å². The van der Waals surface area contributed by atoms with Crippen molar-refractivity contribution in [2.24, 2.45) is 13.0 Å². The lowest BCUT2D eigenvalue weighted by molar-refractivity contribution is -0.137. The predicted octanol–water partition coefficient (Wildman–Crippen LogP) is 2.12. The fraction of sp³-hybridized carbons (Fsp3) is 0.467. The number of thiazole rings is 1. The first kappa shape index (κ1) is 17.1. The first-order valence-electron chi connectivity index (χ1n) is 7.32. The largest absolute Gasteiger partial charge is 0.481 e. The molecule has 0 spiro atoms. The van der Waals surface area contributed by atoms with Crippen LogP contribution in [0.2, 0.25) is 0 Å². The lowest BCUT2D eigenvalue weighted by Crippen LogP contribution is -2.36. The van der Waals surface area contributed by atoms with E-state index in [1.54, 1.807) is 21.2 Å². The number of hydrogen-bond donors (Lipinski definition) is 1. The van der Waals surface area contributed by atoms with E-state index in [1.165, 1.54) is 11.3 Å². The van der Waals surface area contributed by atoms with Crippen LogP contribution in [-0.2, 0) is 11.8 Å². The van der Waals surface area contributed by atoms with Crippen LogP contribution in [0.25, 0.3) is 10.6 Å². The van der Waals surface area contributed by atoms with Crippen molar-refractivity contribution in [2.75, 3.05) is 13.1 Å². The van der Waals surface area contributed by atoms with Crippen molar-refractivity contribution in [1.29, 1.82) is 0 Å². The Morgan fingerprint density at radius 2 is 2.17 bits per heavy atom. The zero-order valence-corrected chi connectivity index (χ0v) is 14.2. The Morgan fingerprint density at radius 3 is 2.74 bits per heavy atom. The Balaban J connectivity index is 2.15. The van der Waals surface area contributed by atoms with Crippen LogP contribution in [0, 0.1) is 5.92 Å². The number of carboxylic acids is 1. The molecular formula is C15H20N4O3S. The quantitative estimate of drug-likeness (QED) is 0.836. The number of carboxylic acid groups (broad SMARTS) is 1. The summed E-state index contributed by atoms with van der Waals surface area (Å²) in [5.41, 5.74) is 1.21. The maximum absolute atomic E-state index is 12.6. The fourth-order valence-electron chi connectivity index (χ4n) is 2.15. The van der Waals surface area contributed by atoms with Crippen LogP contribution < -0.4 is 0 Å². The molecule has 0 saturated carbocycles. The van der Waals surface area contributed by atoms with Gasteiger partial charge in [-0.1, -0.05) is 13.8 Å². The monoisotopic (exact) mass is 336 g/mol. The molecule has 0 aromatic carbocycles. The van der Waals surface area contributed by atoms with Gasteiger partial charge in [-0.05, 0) is 5.92 Å². The summed E-state index contributed by atoms with van der Waals surface area (Å²) in [6, 6.07) is 0. The lowest BCUT2D eigenvalue weighted by Gasteiger charge is -2.23. The van der Waals surface area contributed by atoms with E-state index in [1.807, 2.05) is 27.1 Å². The number of hydrogen-bond acceptors (Lipinski definition) is 5. The van der Waals surface area contributed by atoms with Gasteiger partial charge in [-0.2, -0.15) is 5.10 Å². The SMILES string of the molecule is CC(C)CN(CCC(=O)O)C(=O)c1csc(-c2cnn(C)c2)n1. The lowest BCUT2D eigenvalue weighted by atomic mass is 10.2. The zero-order valence-electron chi connectivity index (χ0n) is 13.4. The van der Waals surface area contributed by atoms with Gasteiger partial charge in [0, 0.05) is 37.3 Å². The van der Waals surface area contributed by atoms with Crippen molar-refractivity contribution >= 4 is 23.2 Å². The summed E-state index contributed by atoms with van der Waals surface area (Å²) < 4.78 is 1.68. The van der Waals surface area contributed by atoms with Crippen LogP contribution in [0.15, 0.2) is 17.8 Å². The molecule has 0 aliphatic heterocycles. The molecule has 0 aliphatic rings. The molecule has 2 heterocycles. The Labute approximate surface area is 138 Å². The normalized spacial score (nSPS) is 11.0. The van der Waals surface area contributed by atoms with E-state index >= 15 is 0 Å². The Kier molecular flexibility index (Phi) is 5.49. The zero-order chi connectivity index (χ0) is 17.0. The Bertz CT molecular complexity index is 692. The minimum Gasteiger partial charge on any atom is -0.481 e. The van der Waals surface area contributed by atoms with Crippen molar-refractivity contribution in [2.45, 2.75) is 20.3 Å². The van der Waals surface area contributed by atoms with E-state index < -0.39 is 5.97 Å². The number of carbonyl (C=O) groups is 2.